The molecule has 0 radical (unpaired) electrons. The lowest BCUT2D eigenvalue weighted by Crippen LogP contribution is -2.21. The van der Waals surface area contributed by atoms with Gasteiger partial charge in [0.25, 0.3) is 5.91 Å². The van der Waals surface area contributed by atoms with E-state index in [4.69, 9.17) is 4.74 Å². The number of carbonyl (C=O) groups excluding carboxylic acids is 2. The van der Waals surface area contributed by atoms with Gasteiger partial charge in [0.05, 0.1) is 5.56 Å². The van der Waals surface area contributed by atoms with Crippen molar-refractivity contribution >= 4 is 23.3 Å². The number of esters is 1. The summed E-state index contributed by atoms with van der Waals surface area (Å²) in [6.45, 7) is 1.57. The molecular formula is C18H20N2O3. The fourth-order valence-corrected chi connectivity index (χ4v) is 2.03. The fraction of sp³-hybridized carbons (Fsp3) is 0.222. The maximum absolute atomic E-state index is 11.9. The highest BCUT2D eigenvalue weighted by atomic mass is 16.5. The summed E-state index contributed by atoms with van der Waals surface area (Å²) in [6.07, 6.45) is 0. The van der Waals surface area contributed by atoms with E-state index in [0.29, 0.717) is 11.3 Å². The first kappa shape index (κ1) is 16.5. The minimum absolute atomic E-state index is 0.317. The molecule has 1 N–H and O–H groups in total. The molecule has 5 heteroatoms. The van der Waals surface area contributed by atoms with Gasteiger partial charge in [-0.05, 0) is 43.3 Å². The van der Waals surface area contributed by atoms with Crippen LogP contribution in [0.15, 0.2) is 48.5 Å². The van der Waals surface area contributed by atoms with Crippen LogP contribution < -0.4 is 10.2 Å². The summed E-state index contributed by atoms with van der Waals surface area (Å²) in [7, 11) is 3.89. The molecule has 1 amide bonds. The van der Waals surface area contributed by atoms with E-state index >= 15 is 0 Å². The smallest absolute Gasteiger partial charge is 0.338 e. The molecule has 120 valence electrons. The van der Waals surface area contributed by atoms with Crippen LogP contribution in [0.3, 0.4) is 0 Å². The van der Waals surface area contributed by atoms with E-state index < -0.39 is 5.97 Å². The molecule has 0 aliphatic rings. The first-order valence-corrected chi connectivity index (χ1v) is 7.27. The van der Waals surface area contributed by atoms with Gasteiger partial charge in [0, 0.05) is 25.5 Å². The van der Waals surface area contributed by atoms with E-state index in [2.05, 4.69) is 5.32 Å². The van der Waals surface area contributed by atoms with E-state index in [-0.39, 0.29) is 12.5 Å². The maximum atomic E-state index is 11.9. The molecule has 0 aromatic heterocycles. The third-order valence-corrected chi connectivity index (χ3v) is 3.26. The Morgan fingerprint density at radius 2 is 1.78 bits per heavy atom. The number of benzene rings is 2. The Balaban J connectivity index is 1.86. The predicted molar refractivity (Wildman–Crippen MR) is 90.9 cm³/mol. The normalized spacial score (nSPS) is 10.0. The molecule has 2 aromatic carbocycles. The maximum Gasteiger partial charge on any atom is 0.338 e. The highest BCUT2D eigenvalue weighted by Gasteiger charge is 2.10. The number of carbonyl (C=O) groups is 2. The molecular weight excluding hydrogens is 292 g/mol. The van der Waals surface area contributed by atoms with E-state index in [1.807, 2.05) is 44.1 Å². The van der Waals surface area contributed by atoms with Crippen LogP contribution in [0.25, 0.3) is 0 Å². The number of hydrogen-bond acceptors (Lipinski definition) is 4. The van der Waals surface area contributed by atoms with Crippen molar-refractivity contribution in [3.63, 3.8) is 0 Å². The summed E-state index contributed by atoms with van der Waals surface area (Å²) in [5, 5.41) is 2.69. The molecule has 0 fully saturated rings. The Morgan fingerprint density at radius 3 is 2.39 bits per heavy atom. The molecule has 5 nitrogen and oxygen atoms in total. The Morgan fingerprint density at radius 1 is 1.09 bits per heavy atom. The summed E-state index contributed by atoms with van der Waals surface area (Å²) in [5.74, 6) is -0.879. The monoisotopic (exact) mass is 312 g/mol. The third-order valence-electron chi connectivity index (χ3n) is 3.26. The van der Waals surface area contributed by atoms with Crippen molar-refractivity contribution in [1.29, 1.82) is 0 Å². The van der Waals surface area contributed by atoms with Crippen LogP contribution in [-0.2, 0) is 9.53 Å². The van der Waals surface area contributed by atoms with Gasteiger partial charge in [0.1, 0.15) is 0 Å². The first-order chi connectivity index (χ1) is 11.0. The van der Waals surface area contributed by atoms with Gasteiger partial charge >= 0.3 is 5.97 Å². The lowest BCUT2D eigenvalue weighted by atomic mass is 10.1. The number of rotatable bonds is 5. The van der Waals surface area contributed by atoms with Crippen LogP contribution >= 0.6 is 0 Å². The van der Waals surface area contributed by atoms with Gasteiger partial charge in [-0.15, -0.1) is 0 Å². The zero-order valence-electron chi connectivity index (χ0n) is 13.5. The largest absolute Gasteiger partial charge is 0.452 e. The molecule has 0 atom stereocenters. The topological polar surface area (TPSA) is 58.6 Å². The summed E-state index contributed by atoms with van der Waals surface area (Å²) < 4.78 is 5.02. The molecule has 0 bridgehead atoms. The minimum Gasteiger partial charge on any atom is -0.452 e. The van der Waals surface area contributed by atoms with E-state index in [0.717, 1.165) is 11.3 Å². The number of nitrogens with zero attached hydrogens (tertiary/aromatic N) is 1. The SMILES string of the molecule is Cc1cccc(C(=O)OCC(=O)Nc2ccc(N(C)C)cc2)c1. The highest BCUT2D eigenvalue weighted by molar-refractivity contribution is 5.95. The molecule has 0 saturated carbocycles. The van der Waals surface area contributed by atoms with Crippen LogP contribution in [0.1, 0.15) is 15.9 Å². The first-order valence-electron chi connectivity index (χ1n) is 7.27. The second kappa shape index (κ2) is 7.45. The zero-order valence-corrected chi connectivity index (χ0v) is 13.5. The van der Waals surface area contributed by atoms with Crippen molar-refractivity contribution in [1.82, 2.24) is 0 Å². The molecule has 2 aromatic rings. The highest BCUT2D eigenvalue weighted by Crippen LogP contribution is 2.15. The zero-order chi connectivity index (χ0) is 16.8. The van der Waals surface area contributed by atoms with Crippen LogP contribution in [0, 0.1) is 6.92 Å². The second-order valence-corrected chi connectivity index (χ2v) is 5.44. The lowest BCUT2D eigenvalue weighted by molar-refractivity contribution is -0.119. The predicted octanol–water partition coefficient (Wildman–Crippen LogP) is 2.86. The van der Waals surface area contributed by atoms with Crippen LogP contribution in [-0.4, -0.2) is 32.6 Å². The molecule has 0 aliphatic carbocycles. The van der Waals surface area contributed by atoms with Crippen LogP contribution in [0.4, 0.5) is 11.4 Å². The standard InChI is InChI=1S/C18H20N2O3/c1-13-5-4-6-14(11-13)18(22)23-12-17(21)19-15-7-9-16(10-8-15)20(2)3/h4-11H,12H2,1-3H3,(H,19,21). The number of amides is 1. The van der Waals surface area contributed by atoms with Gasteiger partial charge < -0.3 is 15.0 Å². The average molecular weight is 312 g/mol. The molecule has 0 saturated heterocycles. The van der Waals surface area contributed by atoms with Crippen molar-refractivity contribution in [2.45, 2.75) is 6.92 Å². The van der Waals surface area contributed by atoms with E-state index in [1.54, 1.807) is 30.3 Å². The Bertz CT molecular complexity index is 694. The van der Waals surface area contributed by atoms with Gasteiger partial charge in [-0.2, -0.15) is 0 Å². The van der Waals surface area contributed by atoms with Crippen LogP contribution in [0.5, 0.6) is 0 Å². The summed E-state index contributed by atoms with van der Waals surface area (Å²) in [5.41, 5.74) is 3.10. The van der Waals surface area contributed by atoms with E-state index in [9.17, 15) is 9.59 Å². The fourth-order valence-electron chi connectivity index (χ4n) is 2.03. The number of aryl methyl sites for hydroxylation is 1. The van der Waals surface area contributed by atoms with E-state index in [1.165, 1.54) is 0 Å². The van der Waals surface area contributed by atoms with Gasteiger partial charge in [-0.3, -0.25) is 4.79 Å². The minimum atomic E-state index is -0.508. The molecule has 2 rings (SSSR count). The Labute approximate surface area is 135 Å². The van der Waals surface area contributed by atoms with Crippen molar-refractivity contribution in [3.05, 3.63) is 59.7 Å². The number of nitrogens with one attached hydrogen (secondary N) is 1. The number of anilines is 2. The van der Waals surface area contributed by atoms with Crippen molar-refractivity contribution in [3.8, 4) is 0 Å². The summed E-state index contributed by atoms with van der Waals surface area (Å²) >= 11 is 0. The Kier molecular flexibility index (Phi) is 5.36. The molecule has 0 heterocycles. The molecule has 0 unspecified atom stereocenters. The quantitative estimate of drug-likeness (QED) is 0.863. The molecule has 0 spiro atoms. The van der Waals surface area contributed by atoms with Gasteiger partial charge in [0.15, 0.2) is 6.61 Å². The lowest BCUT2D eigenvalue weighted by Gasteiger charge is -2.13. The number of ether oxygens (including phenoxy) is 1. The molecule has 0 aliphatic heterocycles. The second-order valence-electron chi connectivity index (χ2n) is 5.44. The average Bonchev–Trinajstić information content (AvgIpc) is 2.53. The van der Waals surface area contributed by atoms with Crippen molar-refractivity contribution < 1.29 is 14.3 Å². The van der Waals surface area contributed by atoms with Crippen LogP contribution in [0.2, 0.25) is 0 Å². The van der Waals surface area contributed by atoms with Gasteiger partial charge in [-0.25, -0.2) is 4.79 Å². The number of hydrogen-bond donors (Lipinski definition) is 1. The summed E-state index contributed by atoms with van der Waals surface area (Å²) in [6, 6.07) is 14.4. The Hall–Kier alpha value is -2.82. The van der Waals surface area contributed by atoms with Crippen molar-refractivity contribution in [2.75, 3.05) is 30.9 Å². The van der Waals surface area contributed by atoms with Gasteiger partial charge in [0.2, 0.25) is 0 Å². The van der Waals surface area contributed by atoms with Crippen molar-refractivity contribution in [2.24, 2.45) is 0 Å². The summed E-state index contributed by atoms with van der Waals surface area (Å²) in [4.78, 5) is 25.7. The third kappa shape index (κ3) is 4.85. The molecule has 23 heavy (non-hydrogen) atoms. The van der Waals surface area contributed by atoms with Gasteiger partial charge in [-0.1, -0.05) is 17.7 Å².